The molecule has 24 heavy (non-hydrogen) atoms. The first kappa shape index (κ1) is 17.6. The number of carbonyl (C=O) groups is 1. The van der Waals surface area contributed by atoms with Crippen molar-refractivity contribution in [3.63, 3.8) is 0 Å². The van der Waals surface area contributed by atoms with Crippen molar-refractivity contribution in [1.29, 1.82) is 0 Å². The lowest BCUT2D eigenvalue weighted by molar-refractivity contribution is 0.0954. The van der Waals surface area contributed by atoms with Gasteiger partial charge in [-0.25, -0.2) is 0 Å². The lowest BCUT2D eigenvalue weighted by atomic mass is 10.1. The highest BCUT2D eigenvalue weighted by atomic mass is 16.5. The number of nitrogens with one attached hydrogen (secondary N) is 1. The van der Waals surface area contributed by atoms with E-state index < -0.39 is 0 Å². The van der Waals surface area contributed by atoms with Gasteiger partial charge in [-0.2, -0.15) is 0 Å². The fourth-order valence-corrected chi connectivity index (χ4v) is 2.49. The molecule has 0 atom stereocenters. The molecule has 0 heterocycles. The highest BCUT2D eigenvalue weighted by Crippen LogP contribution is 2.20. The van der Waals surface area contributed by atoms with Gasteiger partial charge in [-0.15, -0.1) is 6.58 Å². The Hall–Kier alpha value is -2.75. The van der Waals surface area contributed by atoms with Gasteiger partial charge in [0.15, 0.2) is 0 Å². The van der Waals surface area contributed by atoms with Crippen LogP contribution < -0.4 is 15.0 Å². The number of likely N-dealkylation sites (N-methyl/N-ethyl adjacent to an activating group) is 1. The molecule has 0 unspecified atom stereocenters. The van der Waals surface area contributed by atoms with Crippen molar-refractivity contribution in [3.8, 4) is 5.75 Å². The molecular formula is C20H24N2O2. The van der Waals surface area contributed by atoms with E-state index in [2.05, 4.69) is 16.8 Å². The van der Waals surface area contributed by atoms with E-state index in [1.165, 1.54) is 0 Å². The number of hydrogen-bond acceptors (Lipinski definition) is 3. The molecule has 0 bridgehead atoms. The maximum Gasteiger partial charge on any atom is 0.251 e. The lowest BCUT2D eigenvalue weighted by Gasteiger charge is -2.19. The Morgan fingerprint density at radius 1 is 1.25 bits per heavy atom. The monoisotopic (exact) mass is 324 g/mol. The number of amides is 1. The van der Waals surface area contributed by atoms with Gasteiger partial charge in [0.1, 0.15) is 5.75 Å². The van der Waals surface area contributed by atoms with Crippen molar-refractivity contribution in [2.45, 2.75) is 6.42 Å². The number of carbonyl (C=O) groups excluding carboxylic acids is 1. The van der Waals surface area contributed by atoms with E-state index in [1.54, 1.807) is 19.3 Å². The van der Waals surface area contributed by atoms with Crippen molar-refractivity contribution < 1.29 is 9.53 Å². The highest BCUT2D eigenvalue weighted by molar-refractivity contribution is 5.94. The van der Waals surface area contributed by atoms with Gasteiger partial charge in [-0.3, -0.25) is 4.79 Å². The Kier molecular flexibility index (Phi) is 6.43. The Morgan fingerprint density at radius 2 is 2.00 bits per heavy atom. The molecule has 0 saturated heterocycles. The minimum atomic E-state index is -0.0792. The average Bonchev–Trinajstić information content (AvgIpc) is 2.62. The second-order valence-electron chi connectivity index (χ2n) is 5.53. The van der Waals surface area contributed by atoms with Gasteiger partial charge in [0.2, 0.25) is 0 Å². The Bertz CT molecular complexity index is 683. The van der Waals surface area contributed by atoms with E-state index in [4.69, 9.17) is 4.74 Å². The van der Waals surface area contributed by atoms with Crippen molar-refractivity contribution in [3.05, 3.63) is 72.3 Å². The van der Waals surface area contributed by atoms with Crippen LogP contribution in [-0.2, 0) is 6.42 Å². The molecule has 1 N–H and O–H groups in total. The van der Waals surface area contributed by atoms with Crippen LogP contribution >= 0.6 is 0 Å². The van der Waals surface area contributed by atoms with Crippen molar-refractivity contribution in [2.24, 2.45) is 0 Å². The fraction of sp³-hybridized carbons (Fsp3) is 0.250. The summed E-state index contributed by atoms with van der Waals surface area (Å²) < 4.78 is 5.31. The molecule has 2 aromatic carbocycles. The summed E-state index contributed by atoms with van der Waals surface area (Å²) in [4.78, 5) is 14.4. The van der Waals surface area contributed by atoms with E-state index in [-0.39, 0.29) is 5.91 Å². The number of hydrogen-bond donors (Lipinski definition) is 1. The zero-order valence-corrected chi connectivity index (χ0v) is 14.3. The zero-order valence-electron chi connectivity index (χ0n) is 14.3. The van der Waals surface area contributed by atoms with Gasteiger partial charge in [-0.05, 0) is 42.3 Å². The molecule has 0 aliphatic heterocycles. The molecule has 4 nitrogen and oxygen atoms in total. The molecular weight excluding hydrogens is 300 g/mol. The van der Waals surface area contributed by atoms with Crippen LogP contribution in [0.15, 0.2) is 61.2 Å². The topological polar surface area (TPSA) is 41.6 Å². The fourth-order valence-electron chi connectivity index (χ4n) is 2.49. The third kappa shape index (κ3) is 4.62. The molecule has 1 amide bonds. The molecule has 0 aliphatic carbocycles. The van der Waals surface area contributed by atoms with Crippen LogP contribution in [0.1, 0.15) is 15.9 Å². The second-order valence-corrected chi connectivity index (χ2v) is 5.53. The van der Waals surface area contributed by atoms with Crippen LogP contribution in [0.2, 0.25) is 0 Å². The molecule has 0 aromatic heterocycles. The molecule has 2 aromatic rings. The van der Waals surface area contributed by atoms with Crippen LogP contribution in [0.25, 0.3) is 0 Å². The quantitative estimate of drug-likeness (QED) is 0.758. The third-order valence-electron chi connectivity index (χ3n) is 3.84. The van der Waals surface area contributed by atoms with Crippen LogP contribution in [0.4, 0.5) is 5.69 Å². The van der Waals surface area contributed by atoms with Crippen molar-refractivity contribution in [1.82, 2.24) is 5.32 Å². The summed E-state index contributed by atoms with van der Waals surface area (Å²) in [6, 6.07) is 15.6. The molecule has 0 saturated carbocycles. The number of para-hydroxylation sites is 1. The minimum Gasteiger partial charge on any atom is -0.496 e. The number of anilines is 1. The molecule has 0 fully saturated rings. The molecule has 0 aliphatic rings. The predicted octanol–water partition coefficient (Wildman–Crippen LogP) is 3.29. The molecule has 2 rings (SSSR count). The van der Waals surface area contributed by atoms with Gasteiger partial charge < -0.3 is 15.0 Å². The SMILES string of the molecule is C=CCc1cc(C(=O)NCCN(C)c2ccccc2)ccc1OC. The number of nitrogens with zero attached hydrogens (tertiary/aromatic N) is 1. The maximum atomic E-state index is 12.3. The van der Waals surface area contributed by atoms with Crippen LogP contribution in [-0.4, -0.2) is 33.2 Å². The van der Waals surface area contributed by atoms with E-state index in [9.17, 15) is 4.79 Å². The van der Waals surface area contributed by atoms with Gasteiger partial charge in [0, 0.05) is 31.4 Å². The molecule has 0 radical (unpaired) electrons. The molecule has 0 spiro atoms. The highest BCUT2D eigenvalue weighted by Gasteiger charge is 2.09. The smallest absolute Gasteiger partial charge is 0.251 e. The second kappa shape index (κ2) is 8.77. The van der Waals surface area contributed by atoms with Crippen molar-refractivity contribution in [2.75, 3.05) is 32.1 Å². The van der Waals surface area contributed by atoms with E-state index in [1.807, 2.05) is 49.5 Å². The van der Waals surface area contributed by atoms with E-state index in [0.29, 0.717) is 18.5 Å². The summed E-state index contributed by atoms with van der Waals surface area (Å²) in [5.41, 5.74) is 2.72. The number of rotatable bonds is 8. The first-order valence-corrected chi connectivity index (χ1v) is 7.98. The lowest BCUT2D eigenvalue weighted by Crippen LogP contribution is -2.33. The molecule has 4 heteroatoms. The standard InChI is InChI=1S/C20H24N2O2/c1-4-8-16-15-17(11-12-19(16)24-3)20(23)21-13-14-22(2)18-9-6-5-7-10-18/h4-7,9-12,15H,1,8,13-14H2,2-3H3,(H,21,23). The first-order chi connectivity index (χ1) is 11.7. The summed E-state index contributed by atoms with van der Waals surface area (Å²) in [6.07, 6.45) is 2.47. The first-order valence-electron chi connectivity index (χ1n) is 7.98. The van der Waals surface area contributed by atoms with Gasteiger partial charge in [0.25, 0.3) is 5.91 Å². The molecule has 126 valence electrons. The Labute approximate surface area is 143 Å². The number of benzene rings is 2. The van der Waals surface area contributed by atoms with Gasteiger partial charge >= 0.3 is 0 Å². The Balaban J connectivity index is 1.92. The number of ether oxygens (including phenoxy) is 1. The zero-order chi connectivity index (χ0) is 17.4. The van der Waals surface area contributed by atoms with Crippen LogP contribution in [0.3, 0.4) is 0 Å². The normalized spacial score (nSPS) is 10.1. The maximum absolute atomic E-state index is 12.3. The van der Waals surface area contributed by atoms with Gasteiger partial charge in [-0.1, -0.05) is 24.3 Å². The average molecular weight is 324 g/mol. The largest absolute Gasteiger partial charge is 0.496 e. The summed E-state index contributed by atoms with van der Waals surface area (Å²) >= 11 is 0. The predicted molar refractivity (Wildman–Crippen MR) is 98.9 cm³/mol. The Morgan fingerprint density at radius 3 is 2.67 bits per heavy atom. The summed E-state index contributed by atoms with van der Waals surface area (Å²) in [7, 11) is 3.64. The van der Waals surface area contributed by atoms with E-state index >= 15 is 0 Å². The van der Waals surface area contributed by atoms with Crippen LogP contribution in [0, 0.1) is 0 Å². The summed E-state index contributed by atoms with van der Waals surface area (Å²) in [5, 5.41) is 2.96. The number of methoxy groups -OCH3 is 1. The third-order valence-corrected chi connectivity index (χ3v) is 3.84. The number of allylic oxidation sites excluding steroid dienone is 1. The summed E-state index contributed by atoms with van der Waals surface area (Å²) in [5.74, 6) is 0.694. The summed E-state index contributed by atoms with van der Waals surface area (Å²) in [6.45, 7) is 5.06. The van der Waals surface area contributed by atoms with Crippen LogP contribution in [0.5, 0.6) is 5.75 Å². The van der Waals surface area contributed by atoms with E-state index in [0.717, 1.165) is 23.5 Å². The van der Waals surface area contributed by atoms with Crippen molar-refractivity contribution >= 4 is 11.6 Å². The minimum absolute atomic E-state index is 0.0792. The van der Waals surface area contributed by atoms with Gasteiger partial charge in [0.05, 0.1) is 7.11 Å².